The first kappa shape index (κ1) is 17.5. The quantitative estimate of drug-likeness (QED) is 0.743. The number of rotatable bonds is 3. The van der Waals surface area contributed by atoms with Crippen molar-refractivity contribution in [1.29, 1.82) is 0 Å². The lowest BCUT2D eigenvalue weighted by molar-refractivity contribution is 0.0906. The Morgan fingerprint density at radius 2 is 2.11 bits per heavy atom. The van der Waals surface area contributed by atoms with Gasteiger partial charge in [0.05, 0.1) is 22.3 Å². The molecule has 140 valence electrons. The van der Waals surface area contributed by atoms with Crippen molar-refractivity contribution < 1.29 is 9.53 Å². The monoisotopic (exact) mass is 365 g/mol. The zero-order valence-electron chi connectivity index (χ0n) is 15.7. The van der Waals surface area contributed by atoms with Gasteiger partial charge in [-0.3, -0.25) is 14.5 Å². The summed E-state index contributed by atoms with van der Waals surface area (Å²) in [6, 6.07) is 8.00. The lowest BCUT2D eigenvalue weighted by Crippen LogP contribution is -2.41. The van der Waals surface area contributed by atoms with E-state index < -0.39 is 5.54 Å². The predicted octanol–water partition coefficient (Wildman–Crippen LogP) is 2.12. The van der Waals surface area contributed by atoms with Crippen molar-refractivity contribution in [1.82, 2.24) is 25.4 Å². The molecule has 1 amide bonds. The number of para-hydroxylation sites is 1. The summed E-state index contributed by atoms with van der Waals surface area (Å²) in [6.07, 6.45) is 3.30. The van der Waals surface area contributed by atoms with Gasteiger partial charge < -0.3 is 15.4 Å². The van der Waals surface area contributed by atoms with Gasteiger partial charge in [-0.15, -0.1) is 0 Å². The molecular formula is C20H23N5O2. The molecule has 0 saturated heterocycles. The zero-order chi connectivity index (χ0) is 19.0. The van der Waals surface area contributed by atoms with Gasteiger partial charge in [-0.25, -0.2) is 0 Å². The van der Waals surface area contributed by atoms with E-state index in [4.69, 9.17) is 4.74 Å². The van der Waals surface area contributed by atoms with E-state index in [2.05, 4.69) is 20.7 Å². The second-order valence-corrected chi connectivity index (χ2v) is 7.27. The highest BCUT2D eigenvalue weighted by Crippen LogP contribution is 2.29. The minimum absolute atomic E-state index is 0.221. The van der Waals surface area contributed by atoms with E-state index in [9.17, 15) is 4.79 Å². The molecule has 0 fully saturated rings. The molecule has 2 aromatic heterocycles. The van der Waals surface area contributed by atoms with Crippen molar-refractivity contribution in [2.75, 3.05) is 13.2 Å². The molecular weight excluding hydrogens is 342 g/mol. The van der Waals surface area contributed by atoms with Crippen LogP contribution in [-0.2, 0) is 19.1 Å². The van der Waals surface area contributed by atoms with Crippen LogP contribution in [0.15, 0.2) is 36.7 Å². The van der Waals surface area contributed by atoms with Crippen molar-refractivity contribution in [3.63, 3.8) is 0 Å². The first-order chi connectivity index (χ1) is 13.0. The third kappa shape index (κ3) is 3.14. The molecule has 1 aliphatic rings. The molecule has 0 bridgehead atoms. The van der Waals surface area contributed by atoms with E-state index in [1.807, 2.05) is 49.8 Å². The average Bonchev–Trinajstić information content (AvgIpc) is 2.83. The van der Waals surface area contributed by atoms with Crippen LogP contribution in [0.4, 0.5) is 0 Å². The Bertz CT molecular complexity index is 1010. The van der Waals surface area contributed by atoms with E-state index in [0.29, 0.717) is 24.5 Å². The molecule has 27 heavy (non-hydrogen) atoms. The van der Waals surface area contributed by atoms with Crippen molar-refractivity contribution >= 4 is 16.8 Å². The number of nitrogens with one attached hydrogen (secondary N) is 2. The molecule has 0 radical (unpaired) electrons. The van der Waals surface area contributed by atoms with Crippen LogP contribution >= 0.6 is 0 Å². The molecule has 0 saturated carbocycles. The molecule has 0 spiro atoms. The number of pyridine rings is 1. The van der Waals surface area contributed by atoms with Gasteiger partial charge in [0.15, 0.2) is 0 Å². The Labute approximate surface area is 157 Å². The van der Waals surface area contributed by atoms with E-state index in [1.54, 1.807) is 12.4 Å². The standard InChI is InChI=1S/C20H23N5O2/c1-20(2,18-14-6-4-5-7-16(14)25(3)24-18)23-19(26)15-12-22-11-13-10-21-8-9-27-17(13)15/h4-7,11-12,21H,8-10H2,1-3H3,(H,23,26). The highest BCUT2D eigenvalue weighted by atomic mass is 16.5. The first-order valence-corrected chi connectivity index (χ1v) is 9.02. The smallest absolute Gasteiger partial charge is 0.257 e. The topological polar surface area (TPSA) is 81.1 Å². The molecule has 0 atom stereocenters. The molecule has 7 heteroatoms. The minimum Gasteiger partial charge on any atom is -0.491 e. The van der Waals surface area contributed by atoms with Gasteiger partial charge in [-0.1, -0.05) is 18.2 Å². The predicted molar refractivity (Wildman–Crippen MR) is 103 cm³/mol. The fourth-order valence-electron chi connectivity index (χ4n) is 3.48. The Morgan fingerprint density at radius 3 is 2.96 bits per heavy atom. The van der Waals surface area contributed by atoms with Crippen molar-refractivity contribution in [2.24, 2.45) is 7.05 Å². The number of aromatic nitrogens is 3. The number of carbonyl (C=O) groups excluding carboxylic acids is 1. The number of ether oxygens (including phenoxy) is 1. The summed E-state index contributed by atoms with van der Waals surface area (Å²) < 4.78 is 7.65. The summed E-state index contributed by atoms with van der Waals surface area (Å²) in [4.78, 5) is 17.3. The average molecular weight is 365 g/mol. The van der Waals surface area contributed by atoms with Crippen molar-refractivity contribution in [3.8, 4) is 5.75 Å². The van der Waals surface area contributed by atoms with Gasteiger partial charge in [0, 0.05) is 43.5 Å². The molecule has 7 nitrogen and oxygen atoms in total. The van der Waals surface area contributed by atoms with Crippen molar-refractivity contribution in [2.45, 2.75) is 25.9 Å². The van der Waals surface area contributed by atoms with Gasteiger partial charge in [-0.2, -0.15) is 5.10 Å². The first-order valence-electron chi connectivity index (χ1n) is 9.02. The number of amides is 1. The molecule has 1 aromatic carbocycles. The summed E-state index contributed by atoms with van der Waals surface area (Å²) in [6.45, 7) is 5.80. The van der Waals surface area contributed by atoms with Crippen LogP contribution in [0.2, 0.25) is 0 Å². The van der Waals surface area contributed by atoms with Gasteiger partial charge >= 0.3 is 0 Å². The number of hydrogen-bond acceptors (Lipinski definition) is 5. The Kier molecular flexibility index (Phi) is 4.31. The Hall–Kier alpha value is -2.93. The van der Waals surface area contributed by atoms with Crippen molar-refractivity contribution in [3.05, 3.63) is 53.5 Å². The lowest BCUT2D eigenvalue weighted by Gasteiger charge is -2.25. The molecule has 3 aromatic rings. The molecule has 1 aliphatic heterocycles. The second-order valence-electron chi connectivity index (χ2n) is 7.27. The number of hydrogen-bond donors (Lipinski definition) is 2. The Balaban J connectivity index is 1.68. The maximum absolute atomic E-state index is 13.1. The molecule has 0 aliphatic carbocycles. The molecule has 4 rings (SSSR count). The van der Waals surface area contributed by atoms with Crippen LogP contribution < -0.4 is 15.4 Å². The summed E-state index contributed by atoms with van der Waals surface area (Å²) in [5, 5.41) is 12.0. The van der Waals surface area contributed by atoms with Crippen LogP contribution in [0, 0.1) is 0 Å². The normalized spacial score (nSPS) is 14.3. The number of benzene rings is 1. The summed E-state index contributed by atoms with van der Waals surface area (Å²) >= 11 is 0. The van der Waals surface area contributed by atoms with E-state index in [1.165, 1.54) is 0 Å². The number of aryl methyl sites for hydroxylation is 1. The third-order valence-corrected chi connectivity index (χ3v) is 4.83. The summed E-state index contributed by atoms with van der Waals surface area (Å²) in [5.74, 6) is 0.384. The van der Waals surface area contributed by atoms with Gasteiger partial charge in [0.25, 0.3) is 5.91 Å². The molecule has 3 heterocycles. The number of carbonyl (C=O) groups is 1. The summed E-state index contributed by atoms with van der Waals surface area (Å²) in [7, 11) is 1.91. The van der Waals surface area contributed by atoms with Gasteiger partial charge in [0.2, 0.25) is 0 Å². The second kappa shape index (κ2) is 6.66. The fraction of sp³-hybridized carbons (Fsp3) is 0.350. The zero-order valence-corrected chi connectivity index (χ0v) is 15.7. The fourth-order valence-corrected chi connectivity index (χ4v) is 3.48. The third-order valence-electron chi connectivity index (χ3n) is 4.83. The van der Waals surface area contributed by atoms with E-state index in [0.717, 1.165) is 28.7 Å². The largest absolute Gasteiger partial charge is 0.491 e. The van der Waals surface area contributed by atoms with Crippen LogP contribution in [0.5, 0.6) is 5.75 Å². The maximum atomic E-state index is 13.1. The van der Waals surface area contributed by atoms with Crippen LogP contribution in [-0.4, -0.2) is 33.8 Å². The SMILES string of the molecule is Cn1nc(C(C)(C)NC(=O)c2cncc3c2OCCNC3)c2ccccc21. The number of nitrogens with zero attached hydrogens (tertiary/aromatic N) is 3. The maximum Gasteiger partial charge on any atom is 0.257 e. The molecule has 0 unspecified atom stereocenters. The highest BCUT2D eigenvalue weighted by molar-refractivity contribution is 5.98. The molecule has 2 N–H and O–H groups in total. The van der Waals surface area contributed by atoms with E-state index in [-0.39, 0.29) is 5.91 Å². The Morgan fingerprint density at radius 1 is 1.30 bits per heavy atom. The lowest BCUT2D eigenvalue weighted by atomic mass is 9.96. The van der Waals surface area contributed by atoms with Gasteiger partial charge in [-0.05, 0) is 19.9 Å². The number of fused-ring (bicyclic) bond motifs is 2. The van der Waals surface area contributed by atoms with Crippen LogP contribution in [0.3, 0.4) is 0 Å². The highest BCUT2D eigenvalue weighted by Gasteiger charge is 2.30. The summed E-state index contributed by atoms with van der Waals surface area (Å²) in [5.41, 5.74) is 2.53. The van der Waals surface area contributed by atoms with Gasteiger partial charge in [0.1, 0.15) is 12.4 Å². The van der Waals surface area contributed by atoms with E-state index >= 15 is 0 Å². The van der Waals surface area contributed by atoms with Crippen LogP contribution in [0.1, 0.15) is 35.5 Å². The van der Waals surface area contributed by atoms with Crippen LogP contribution in [0.25, 0.3) is 10.9 Å². The minimum atomic E-state index is -0.663.